The molecule has 0 aliphatic rings. The minimum absolute atomic E-state index is 0.0492. The van der Waals surface area contributed by atoms with Crippen LogP contribution in [0.3, 0.4) is 0 Å². The summed E-state index contributed by atoms with van der Waals surface area (Å²) in [7, 11) is -3.68. The Morgan fingerprint density at radius 2 is 1.89 bits per heavy atom. The summed E-state index contributed by atoms with van der Waals surface area (Å²) in [4.78, 5) is 12.2. The summed E-state index contributed by atoms with van der Waals surface area (Å²) in [5.74, 6) is -0.434. The molecular weight excluding hydrogens is 414 g/mol. The lowest BCUT2D eigenvalue weighted by Gasteiger charge is -2.22. The van der Waals surface area contributed by atoms with Crippen LogP contribution < -0.4 is 14.4 Å². The lowest BCUT2D eigenvalue weighted by Crippen LogP contribution is -2.40. The van der Waals surface area contributed by atoms with Crippen molar-refractivity contribution in [3.8, 4) is 5.75 Å². The third-order valence-corrected chi connectivity index (χ3v) is 5.04. The Labute approximate surface area is 167 Å². The van der Waals surface area contributed by atoms with Gasteiger partial charge in [0.25, 0.3) is 0 Å². The first-order valence-electron chi connectivity index (χ1n) is 8.19. The van der Waals surface area contributed by atoms with E-state index in [1.54, 1.807) is 30.3 Å². The standard InChI is InChI=1S/C18H19ClF2N2O4S/c1-28(25,26)23(15-4-2-3-14(19)11-15)12-17(24)22-10-9-13-5-7-16(8-6-13)27-18(20)21/h2-8,11,18H,9-10,12H2,1H3,(H,22,24). The average molecular weight is 433 g/mol. The van der Waals surface area contributed by atoms with Crippen molar-refractivity contribution in [1.29, 1.82) is 0 Å². The zero-order valence-electron chi connectivity index (χ0n) is 14.9. The molecule has 0 fully saturated rings. The molecule has 0 bridgehead atoms. The normalized spacial score (nSPS) is 11.3. The van der Waals surface area contributed by atoms with Gasteiger partial charge in [0.05, 0.1) is 11.9 Å². The highest BCUT2D eigenvalue weighted by molar-refractivity contribution is 7.92. The molecule has 0 saturated heterocycles. The number of amides is 1. The van der Waals surface area contributed by atoms with Crippen LogP contribution in [0.4, 0.5) is 14.5 Å². The maximum Gasteiger partial charge on any atom is 0.387 e. The van der Waals surface area contributed by atoms with Gasteiger partial charge in [-0.2, -0.15) is 8.78 Å². The SMILES string of the molecule is CS(=O)(=O)N(CC(=O)NCCc1ccc(OC(F)F)cc1)c1cccc(Cl)c1. The minimum atomic E-state index is -3.68. The van der Waals surface area contributed by atoms with Gasteiger partial charge in [0.15, 0.2) is 0 Å². The third-order valence-electron chi connectivity index (χ3n) is 3.67. The Bertz CT molecular complexity index is 908. The second-order valence-corrected chi connectivity index (χ2v) is 8.22. The molecule has 2 aromatic carbocycles. The highest BCUT2D eigenvalue weighted by Crippen LogP contribution is 2.21. The van der Waals surface area contributed by atoms with Gasteiger partial charge in [-0.25, -0.2) is 8.42 Å². The lowest BCUT2D eigenvalue weighted by molar-refractivity contribution is -0.119. The quantitative estimate of drug-likeness (QED) is 0.660. The van der Waals surface area contributed by atoms with E-state index in [0.717, 1.165) is 16.1 Å². The molecular formula is C18H19ClF2N2O4S. The van der Waals surface area contributed by atoms with Gasteiger partial charge in [-0.05, 0) is 42.3 Å². The molecule has 152 valence electrons. The maximum absolute atomic E-state index is 12.2. The van der Waals surface area contributed by atoms with Gasteiger partial charge in [-0.1, -0.05) is 29.8 Å². The van der Waals surface area contributed by atoms with Crippen LogP contribution in [0.15, 0.2) is 48.5 Å². The van der Waals surface area contributed by atoms with Crippen molar-refractivity contribution >= 4 is 33.2 Å². The van der Waals surface area contributed by atoms with E-state index in [1.165, 1.54) is 18.2 Å². The molecule has 0 aliphatic heterocycles. The highest BCUT2D eigenvalue weighted by atomic mass is 35.5. The summed E-state index contributed by atoms with van der Waals surface area (Å²) in [6.07, 6.45) is 1.45. The number of carbonyl (C=O) groups excluding carboxylic acids is 1. The number of anilines is 1. The van der Waals surface area contributed by atoms with Crippen LogP contribution in [0.2, 0.25) is 5.02 Å². The molecule has 0 saturated carbocycles. The molecule has 2 rings (SSSR count). The molecule has 0 atom stereocenters. The predicted octanol–water partition coefficient (Wildman–Crippen LogP) is 3.07. The number of halogens is 3. The van der Waals surface area contributed by atoms with Crippen molar-refractivity contribution in [2.75, 3.05) is 23.7 Å². The van der Waals surface area contributed by atoms with Gasteiger partial charge in [0, 0.05) is 11.6 Å². The maximum atomic E-state index is 12.2. The number of nitrogens with zero attached hydrogens (tertiary/aromatic N) is 1. The second kappa shape index (κ2) is 9.70. The van der Waals surface area contributed by atoms with E-state index in [-0.39, 0.29) is 18.8 Å². The van der Waals surface area contributed by atoms with E-state index >= 15 is 0 Å². The van der Waals surface area contributed by atoms with Crippen molar-refractivity contribution in [2.45, 2.75) is 13.0 Å². The molecule has 0 radical (unpaired) electrons. The van der Waals surface area contributed by atoms with Crippen LogP contribution in [0, 0.1) is 0 Å². The molecule has 0 aromatic heterocycles. The van der Waals surface area contributed by atoms with Crippen molar-refractivity contribution in [3.63, 3.8) is 0 Å². The number of rotatable bonds is 9. The summed E-state index contributed by atoms with van der Waals surface area (Å²) < 4.78 is 53.5. The van der Waals surface area contributed by atoms with Crippen molar-refractivity contribution in [3.05, 3.63) is 59.1 Å². The molecule has 0 aliphatic carbocycles. The Morgan fingerprint density at radius 1 is 1.21 bits per heavy atom. The fourth-order valence-electron chi connectivity index (χ4n) is 2.40. The molecule has 1 amide bonds. The fraction of sp³-hybridized carbons (Fsp3) is 0.278. The Morgan fingerprint density at radius 3 is 2.46 bits per heavy atom. The first-order valence-corrected chi connectivity index (χ1v) is 10.4. The van der Waals surface area contributed by atoms with Crippen molar-refractivity contribution in [1.82, 2.24) is 5.32 Å². The summed E-state index contributed by atoms with van der Waals surface area (Å²) in [6, 6.07) is 12.2. The van der Waals surface area contributed by atoms with E-state index in [1.807, 2.05) is 0 Å². The van der Waals surface area contributed by atoms with E-state index in [2.05, 4.69) is 10.1 Å². The monoisotopic (exact) mass is 432 g/mol. The molecule has 0 spiro atoms. The molecule has 0 heterocycles. The van der Waals surface area contributed by atoms with Gasteiger partial charge in [-0.3, -0.25) is 9.10 Å². The fourth-order valence-corrected chi connectivity index (χ4v) is 3.43. The van der Waals surface area contributed by atoms with E-state index in [9.17, 15) is 22.0 Å². The third kappa shape index (κ3) is 6.97. The topological polar surface area (TPSA) is 75.7 Å². The molecule has 0 unspecified atom stereocenters. The highest BCUT2D eigenvalue weighted by Gasteiger charge is 2.20. The number of alkyl halides is 2. The summed E-state index contributed by atoms with van der Waals surface area (Å²) in [6.45, 7) is -3.02. The largest absolute Gasteiger partial charge is 0.435 e. The van der Waals surface area contributed by atoms with Crippen LogP contribution >= 0.6 is 11.6 Å². The Balaban J connectivity index is 1.91. The zero-order chi connectivity index (χ0) is 20.7. The van der Waals surface area contributed by atoms with Gasteiger partial charge in [-0.15, -0.1) is 0 Å². The van der Waals surface area contributed by atoms with E-state index < -0.39 is 22.5 Å². The molecule has 2 aromatic rings. The predicted molar refractivity (Wildman–Crippen MR) is 103 cm³/mol. The number of ether oxygens (including phenoxy) is 1. The number of sulfonamides is 1. The number of hydrogen-bond acceptors (Lipinski definition) is 4. The Kier molecular flexibility index (Phi) is 7.59. The summed E-state index contributed by atoms with van der Waals surface area (Å²) in [5.41, 5.74) is 1.09. The first-order chi connectivity index (χ1) is 13.1. The van der Waals surface area contributed by atoms with Crippen molar-refractivity contribution in [2.24, 2.45) is 0 Å². The summed E-state index contributed by atoms with van der Waals surface area (Å²) in [5, 5.41) is 2.99. The van der Waals surface area contributed by atoms with Crippen molar-refractivity contribution < 1.29 is 26.7 Å². The lowest BCUT2D eigenvalue weighted by atomic mass is 10.1. The molecule has 6 nitrogen and oxygen atoms in total. The first kappa shape index (κ1) is 21.9. The molecule has 1 N–H and O–H groups in total. The van der Waals surface area contributed by atoms with E-state index in [4.69, 9.17) is 11.6 Å². The number of hydrogen-bond donors (Lipinski definition) is 1. The van der Waals surface area contributed by atoms with Gasteiger partial charge >= 0.3 is 6.61 Å². The molecule has 28 heavy (non-hydrogen) atoms. The molecule has 10 heteroatoms. The van der Waals surface area contributed by atoms with Crippen LogP contribution in [-0.2, 0) is 21.2 Å². The number of benzene rings is 2. The minimum Gasteiger partial charge on any atom is -0.435 e. The van der Waals surface area contributed by atoms with Crippen LogP contribution in [0.1, 0.15) is 5.56 Å². The van der Waals surface area contributed by atoms with Gasteiger partial charge < -0.3 is 10.1 Å². The van der Waals surface area contributed by atoms with Crippen LogP contribution in [0.5, 0.6) is 5.75 Å². The zero-order valence-corrected chi connectivity index (χ0v) is 16.5. The van der Waals surface area contributed by atoms with Crippen LogP contribution in [-0.4, -0.2) is 40.3 Å². The van der Waals surface area contributed by atoms with Crippen LogP contribution in [0.25, 0.3) is 0 Å². The van der Waals surface area contributed by atoms with Gasteiger partial charge in [0.1, 0.15) is 12.3 Å². The Hall–Kier alpha value is -2.39. The van der Waals surface area contributed by atoms with E-state index in [0.29, 0.717) is 17.1 Å². The number of carbonyl (C=O) groups is 1. The average Bonchev–Trinajstić information content (AvgIpc) is 2.60. The smallest absolute Gasteiger partial charge is 0.387 e. The van der Waals surface area contributed by atoms with Gasteiger partial charge in [0.2, 0.25) is 15.9 Å². The number of nitrogens with one attached hydrogen (secondary N) is 1. The summed E-state index contributed by atoms with van der Waals surface area (Å²) >= 11 is 5.89. The second-order valence-electron chi connectivity index (χ2n) is 5.87.